The lowest BCUT2D eigenvalue weighted by atomic mass is 10.3. The van der Waals surface area contributed by atoms with E-state index in [-0.39, 0.29) is 31.9 Å². The number of rotatable bonds is 6. The number of aromatic nitrogens is 1. The lowest BCUT2D eigenvalue weighted by molar-refractivity contribution is 0.554. The Morgan fingerprint density at radius 3 is 2.53 bits per heavy atom. The second-order valence-electron chi connectivity index (χ2n) is 5.89. The largest absolute Gasteiger partial charge is 0.587 e. The van der Waals surface area contributed by atoms with E-state index in [4.69, 9.17) is 27.6 Å². The fraction of sp³-hybridized carbons (Fsp3) is 0. The number of sulfonamides is 1. The maximum absolute atomic E-state index is 12.9. The first kappa shape index (κ1) is 21.1. The maximum Gasteiger partial charge on any atom is 0.417 e. The van der Waals surface area contributed by atoms with Crippen LogP contribution in [-0.4, -0.2) is 18.0 Å². The van der Waals surface area contributed by atoms with Gasteiger partial charge in [0, 0.05) is 12.1 Å². The van der Waals surface area contributed by atoms with Gasteiger partial charge in [0.05, 0.1) is 26.1 Å². The van der Waals surface area contributed by atoms with Gasteiger partial charge in [-0.3, -0.25) is 9.71 Å². The van der Waals surface area contributed by atoms with Crippen LogP contribution in [0.3, 0.4) is 0 Å². The van der Waals surface area contributed by atoms with Gasteiger partial charge in [0.2, 0.25) is 4.21 Å². The highest BCUT2D eigenvalue weighted by atomic mass is 35.5. The Balaban J connectivity index is 1.69. The van der Waals surface area contributed by atoms with Crippen molar-refractivity contribution in [2.24, 2.45) is 0 Å². The van der Waals surface area contributed by atoms with Crippen LogP contribution < -0.4 is 15.2 Å². The van der Waals surface area contributed by atoms with Gasteiger partial charge in [0.15, 0.2) is 5.58 Å². The van der Waals surface area contributed by atoms with E-state index in [0.29, 0.717) is 9.73 Å². The Labute approximate surface area is 187 Å². The van der Waals surface area contributed by atoms with Gasteiger partial charge >= 0.3 is 5.76 Å². The van der Waals surface area contributed by atoms with E-state index in [1.165, 1.54) is 41.7 Å². The predicted octanol–water partition coefficient (Wildman–Crippen LogP) is 4.42. The first-order valence-electron chi connectivity index (χ1n) is 8.09. The van der Waals surface area contributed by atoms with Gasteiger partial charge in [-0.1, -0.05) is 34.5 Å². The van der Waals surface area contributed by atoms with Crippen LogP contribution in [0.1, 0.15) is 0 Å². The number of benzene rings is 2. The molecule has 0 aliphatic carbocycles. The molecule has 0 saturated heterocycles. The van der Waals surface area contributed by atoms with Gasteiger partial charge in [-0.2, -0.15) is 0 Å². The van der Waals surface area contributed by atoms with Crippen LogP contribution in [0.2, 0.25) is 10.0 Å². The fourth-order valence-electron chi connectivity index (χ4n) is 2.53. The molecule has 0 radical (unpaired) electrons. The summed E-state index contributed by atoms with van der Waals surface area (Å²) >= 11 is 11.8. The number of H-pyrrole nitrogens is 1. The Bertz CT molecular complexity index is 1380. The van der Waals surface area contributed by atoms with Gasteiger partial charge in [0.25, 0.3) is 10.0 Å². The van der Waals surface area contributed by atoms with Crippen molar-refractivity contribution in [3.63, 3.8) is 0 Å². The van der Waals surface area contributed by atoms with Crippen molar-refractivity contribution < 1.29 is 17.4 Å². The van der Waals surface area contributed by atoms with Gasteiger partial charge in [0.1, 0.15) is 17.0 Å². The maximum atomic E-state index is 12.9. The molecule has 0 aliphatic rings. The van der Waals surface area contributed by atoms with Crippen LogP contribution in [0.4, 0.5) is 11.4 Å². The quantitative estimate of drug-likeness (QED) is 0.334. The molecule has 0 saturated carbocycles. The molecule has 0 amide bonds. The van der Waals surface area contributed by atoms with Gasteiger partial charge in [-0.25, -0.2) is 17.9 Å². The molecule has 2 heterocycles. The van der Waals surface area contributed by atoms with E-state index >= 15 is 0 Å². The van der Waals surface area contributed by atoms with Crippen molar-refractivity contribution in [3.05, 3.63) is 68.4 Å². The number of fused-ring (bicyclic) bond motifs is 1. The number of hydrogen-bond donors (Lipinski definition) is 3. The third kappa shape index (κ3) is 4.31. The molecule has 13 heteroatoms. The van der Waals surface area contributed by atoms with Crippen LogP contribution >= 0.6 is 34.5 Å². The van der Waals surface area contributed by atoms with Crippen LogP contribution in [0.5, 0.6) is 0 Å². The van der Waals surface area contributed by atoms with Crippen molar-refractivity contribution >= 4 is 78.4 Å². The summed E-state index contributed by atoms with van der Waals surface area (Å²) in [6.45, 7) is 0. The molecule has 0 bridgehead atoms. The number of anilines is 2. The van der Waals surface area contributed by atoms with E-state index in [2.05, 4.69) is 14.4 Å². The second kappa shape index (κ2) is 8.17. The highest BCUT2D eigenvalue weighted by Crippen LogP contribution is 2.35. The Kier molecular flexibility index (Phi) is 5.75. The standard InChI is InChI=1S/C17H11Cl2N3O5S3/c18-10-7-13(21-29(24)16-2-1-5-28-16)14(8-11(10)19)22-30(25,26)9-3-4-12-15(6-9)27-17(23)20-12/h1-8,21-22H,(H,20,23). The second-order valence-corrected chi connectivity index (χ2v) is 10.8. The summed E-state index contributed by atoms with van der Waals surface area (Å²) in [7, 11) is -4.10. The summed E-state index contributed by atoms with van der Waals surface area (Å²) in [4.78, 5) is 13.6. The van der Waals surface area contributed by atoms with Crippen molar-refractivity contribution in [1.82, 2.24) is 4.98 Å². The van der Waals surface area contributed by atoms with Crippen LogP contribution in [0.15, 0.2) is 66.2 Å². The number of halogens is 2. The zero-order valence-corrected chi connectivity index (χ0v) is 18.6. The molecular weight excluding hydrogens is 493 g/mol. The lowest BCUT2D eigenvalue weighted by Gasteiger charge is -2.16. The molecule has 0 aliphatic heterocycles. The molecule has 4 aromatic rings. The smallest absolute Gasteiger partial charge is 0.417 e. The molecule has 3 N–H and O–H groups in total. The molecule has 1 atom stereocenters. The molecule has 2 aromatic heterocycles. The third-order valence-corrected chi connectivity index (χ3v) is 8.28. The first-order chi connectivity index (χ1) is 14.2. The van der Waals surface area contributed by atoms with Crippen LogP contribution in [-0.2, 0) is 21.4 Å². The SMILES string of the molecule is O=c1[nH]c2ccc(S(=O)(=O)Nc3cc(Cl)c(Cl)cc3N[S+]([O-])c3cccs3)cc2o1. The predicted molar refractivity (Wildman–Crippen MR) is 118 cm³/mol. The number of nitrogens with one attached hydrogen (secondary N) is 3. The minimum Gasteiger partial charge on any atom is -0.587 e. The highest BCUT2D eigenvalue weighted by Gasteiger charge is 2.22. The van der Waals surface area contributed by atoms with Gasteiger partial charge in [-0.15, -0.1) is 0 Å². The monoisotopic (exact) mass is 503 g/mol. The molecule has 4 rings (SSSR count). The molecule has 2 aromatic carbocycles. The number of oxazole rings is 1. The van der Waals surface area contributed by atoms with E-state index in [0.717, 1.165) is 0 Å². The van der Waals surface area contributed by atoms with Crippen molar-refractivity contribution in [1.29, 1.82) is 0 Å². The molecule has 30 heavy (non-hydrogen) atoms. The number of hydrogen-bond acceptors (Lipinski definition) is 7. The zero-order chi connectivity index (χ0) is 21.5. The molecule has 8 nitrogen and oxygen atoms in total. The van der Waals surface area contributed by atoms with E-state index < -0.39 is 27.1 Å². The van der Waals surface area contributed by atoms with Crippen molar-refractivity contribution in [3.8, 4) is 0 Å². The summed E-state index contributed by atoms with van der Waals surface area (Å²) in [6, 6.07) is 10.0. The lowest BCUT2D eigenvalue weighted by Crippen LogP contribution is -2.17. The summed E-state index contributed by atoms with van der Waals surface area (Å²) < 4.78 is 48.9. The summed E-state index contributed by atoms with van der Waals surface area (Å²) in [5.41, 5.74) is 0.676. The van der Waals surface area contributed by atoms with E-state index in [9.17, 15) is 17.8 Å². The third-order valence-electron chi connectivity index (χ3n) is 3.89. The number of aromatic amines is 1. The van der Waals surface area contributed by atoms with Crippen molar-refractivity contribution in [2.45, 2.75) is 9.10 Å². The summed E-state index contributed by atoms with van der Waals surface area (Å²) in [6.07, 6.45) is 0. The normalized spacial score (nSPS) is 12.8. The van der Waals surface area contributed by atoms with Gasteiger partial charge < -0.3 is 8.97 Å². The Morgan fingerprint density at radius 2 is 1.83 bits per heavy atom. The van der Waals surface area contributed by atoms with Gasteiger partial charge in [-0.05, 0) is 35.7 Å². The molecule has 0 fully saturated rings. The highest BCUT2D eigenvalue weighted by molar-refractivity contribution is 7.94. The average Bonchev–Trinajstić information content (AvgIpc) is 3.33. The Hall–Kier alpha value is -2.15. The zero-order valence-electron chi connectivity index (χ0n) is 14.6. The van der Waals surface area contributed by atoms with E-state index in [1.54, 1.807) is 17.5 Å². The first-order valence-corrected chi connectivity index (χ1v) is 12.4. The van der Waals surface area contributed by atoms with E-state index in [1.807, 2.05) is 0 Å². The minimum atomic E-state index is -4.10. The molecule has 1 unspecified atom stereocenters. The van der Waals surface area contributed by atoms with Crippen LogP contribution in [0.25, 0.3) is 11.1 Å². The topological polar surface area (TPSA) is 127 Å². The number of thiophene rings is 1. The molecular formula is C17H11Cl2N3O5S3. The molecule has 0 spiro atoms. The van der Waals surface area contributed by atoms with Crippen LogP contribution in [0, 0.1) is 0 Å². The molecule has 156 valence electrons. The summed E-state index contributed by atoms with van der Waals surface area (Å²) in [5.74, 6) is -0.695. The minimum absolute atomic E-state index is 0.0462. The van der Waals surface area contributed by atoms with Crippen molar-refractivity contribution in [2.75, 3.05) is 9.44 Å². The average molecular weight is 504 g/mol. The summed E-state index contributed by atoms with van der Waals surface area (Å²) in [5, 5.41) is 2.03. The Morgan fingerprint density at radius 1 is 1.10 bits per heavy atom. The fourth-order valence-corrected chi connectivity index (χ4v) is 5.71.